The van der Waals surface area contributed by atoms with Crippen molar-refractivity contribution < 1.29 is 49.5 Å². The van der Waals surface area contributed by atoms with Crippen molar-refractivity contribution in [2.75, 3.05) is 0 Å². The van der Waals surface area contributed by atoms with E-state index < -0.39 is 0 Å². The van der Waals surface area contributed by atoms with Crippen LogP contribution in [0, 0.1) is 5.92 Å². The van der Waals surface area contributed by atoms with E-state index in [9.17, 15) is 0 Å². The Morgan fingerprint density at radius 2 is 2.15 bits per heavy atom. The quantitative estimate of drug-likeness (QED) is 0.447. The number of allylic oxidation sites excluding steroid dienone is 4. The van der Waals surface area contributed by atoms with Crippen molar-refractivity contribution in [3.05, 3.63) is 23.8 Å². The topological polar surface area (TPSA) is 0 Å². The van der Waals surface area contributed by atoms with Gasteiger partial charge in [-0.15, -0.1) is 0 Å². The Bertz CT molecular complexity index is 231. The number of hydrogen-bond acceptors (Lipinski definition) is 0. The zero-order valence-corrected chi connectivity index (χ0v) is 11.7. The fourth-order valence-electron chi connectivity index (χ4n) is 2.19. The zero-order valence-electron chi connectivity index (χ0n) is 7.69. The number of fused-ring (bicyclic) bond motifs is 1. The standard InChI is InChI=1S/C10H13.2ClH.Zr/c1-8-6-7-9-4-2-3-5-10(8)9;;;/h2-3,5,9H,4,6-7H2,1H3;2*1H;/q;;;+2/p-2. The number of hydrogen-bond donors (Lipinski definition) is 0. The van der Waals surface area contributed by atoms with Gasteiger partial charge in [-0.3, -0.25) is 0 Å². The first-order valence-corrected chi connectivity index (χ1v) is 5.55. The molecule has 3 heteroatoms. The molecule has 0 aromatic carbocycles. The molecule has 71 valence electrons. The van der Waals surface area contributed by atoms with Crippen molar-refractivity contribution in [2.24, 2.45) is 5.92 Å². The van der Waals surface area contributed by atoms with Gasteiger partial charge < -0.3 is 24.8 Å². The molecule has 1 saturated carbocycles. The maximum absolute atomic E-state index is 2.41. The van der Waals surface area contributed by atoms with Crippen molar-refractivity contribution in [3.63, 3.8) is 0 Å². The second-order valence-electron chi connectivity index (χ2n) is 3.85. The molecule has 0 heterocycles. The van der Waals surface area contributed by atoms with Crippen LogP contribution in [0.1, 0.15) is 26.2 Å². The fraction of sp³-hybridized carbons (Fsp3) is 0.600. The minimum absolute atomic E-state index is 0. The van der Waals surface area contributed by atoms with E-state index in [2.05, 4.69) is 25.2 Å². The summed E-state index contributed by atoms with van der Waals surface area (Å²) in [5.41, 5.74) is 1.73. The van der Waals surface area contributed by atoms with Crippen LogP contribution in [-0.2, 0) is 24.7 Å². The molecule has 0 radical (unpaired) electrons. The normalized spacial score (nSPS) is 35.6. The maximum Gasteiger partial charge on any atom is -1.00 e. The van der Waals surface area contributed by atoms with Crippen molar-refractivity contribution in [1.82, 2.24) is 0 Å². The third kappa shape index (κ3) is 2.70. The summed E-state index contributed by atoms with van der Waals surface area (Å²) < 4.78 is 0.585. The predicted octanol–water partition coefficient (Wildman–Crippen LogP) is -2.98. The summed E-state index contributed by atoms with van der Waals surface area (Å²) in [5.74, 6) is 0.907. The van der Waals surface area contributed by atoms with Gasteiger partial charge >= 0.3 is 83.7 Å². The molecule has 2 atom stereocenters. The SMILES string of the molecule is C[C]1([Zr+2])CCC2CC=CC=C21.[Cl-].[Cl-]. The van der Waals surface area contributed by atoms with Gasteiger partial charge in [0, 0.05) is 0 Å². The second-order valence-corrected chi connectivity index (χ2v) is 6.57. The molecule has 0 saturated heterocycles. The van der Waals surface area contributed by atoms with Crippen LogP contribution >= 0.6 is 0 Å². The molecule has 0 aromatic rings. The Balaban J connectivity index is 0.000000720. The van der Waals surface area contributed by atoms with E-state index in [0.29, 0.717) is 3.12 Å². The van der Waals surface area contributed by atoms with Gasteiger partial charge in [0.15, 0.2) is 0 Å². The molecule has 0 aromatic heterocycles. The Kier molecular flexibility index (Phi) is 5.52. The molecule has 0 nitrogen and oxygen atoms in total. The van der Waals surface area contributed by atoms with E-state index in [4.69, 9.17) is 0 Å². The average molecular weight is 295 g/mol. The van der Waals surface area contributed by atoms with E-state index >= 15 is 0 Å². The van der Waals surface area contributed by atoms with Crippen LogP contribution < -0.4 is 24.8 Å². The van der Waals surface area contributed by atoms with E-state index in [-0.39, 0.29) is 24.8 Å². The van der Waals surface area contributed by atoms with Crippen molar-refractivity contribution in [1.29, 1.82) is 0 Å². The van der Waals surface area contributed by atoms with Crippen LogP contribution in [0.2, 0.25) is 3.12 Å². The van der Waals surface area contributed by atoms with Crippen LogP contribution in [-0.4, -0.2) is 0 Å². The molecule has 2 aliphatic carbocycles. The zero-order chi connectivity index (χ0) is 7.90. The Morgan fingerprint density at radius 1 is 1.46 bits per heavy atom. The maximum atomic E-state index is 2.41. The number of rotatable bonds is 0. The van der Waals surface area contributed by atoms with Gasteiger partial charge in [-0.2, -0.15) is 0 Å². The minimum Gasteiger partial charge on any atom is -1.00 e. The predicted molar refractivity (Wildman–Crippen MR) is 42.9 cm³/mol. The Morgan fingerprint density at radius 3 is 2.77 bits per heavy atom. The summed E-state index contributed by atoms with van der Waals surface area (Å²) in [6.45, 7) is 2.41. The summed E-state index contributed by atoms with van der Waals surface area (Å²) in [4.78, 5) is 0. The molecule has 0 aliphatic heterocycles. The molecule has 0 amide bonds. The Hall–Kier alpha value is 0.943. The molecule has 2 rings (SSSR count). The largest absolute Gasteiger partial charge is 1.00 e. The van der Waals surface area contributed by atoms with Crippen molar-refractivity contribution >= 4 is 0 Å². The van der Waals surface area contributed by atoms with Gasteiger partial charge in [0.1, 0.15) is 0 Å². The summed E-state index contributed by atoms with van der Waals surface area (Å²) >= 11 is 1.70. The van der Waals surface area contributed by atoms with Gasteiger partial charge in [-0.05, 0) is 0 Å². The first-order chi connectivity index (χ1) is 5.20. The summed E-state index contributed by atoms with van der Waals surface area (Å²) in [7, 11) is 0. The molecule has 13 heavy (non-hydrogen) atoms. The summed E-state index contributed by atoms with van der Waals surface area (Å²) in [5, 5.41) is 0. The van der Waals surface area contributed by atoms with Crippen LogP contribution in [0.5, 0.6) is 0 Å². The first kappa shape index (κ1) is 13.9. The van der Waals surface area contributed by atoms with Gasteiger partial charge in [0.25, 0.3) is 0 Å². The van der Waals surface area contributed by atoms with Crippen LogP contribution in [0.15, 0.2) is 23.8 Å². The van der Waals surface area contributed by atoms with E-state index in [1.54, 1.807) is 30.3 Å². The molecule has 1 fully saturated rings. The van der Waals surface area contributed by atoms with Crippen LogP contribution in [0.3, 0.4) is 0 Å². The van der Waals surface area contributed by atoms with E-state index in [0.717, 1.165) is 5.92 Å². The van der Waals surface area contributed by atoms with Gasteiger partial charge in [0.05, 0.1) is 0 Å². The van der Waals surface area contributed by atoms with E-state index in [1.165, 1.54) is 19.3 Å². The summed E-state index contributed by atoms with van der Waals surface area (Å²) in [6.07, 6.45) is 11.1. The second kappa shape index (κ2) is 5.14. The molecule has 0 bridgehead atoms. The van der Waals surface area contributed by atoms with Gasteiger partial charge in [-0.25, -0.2) is 0 Å². The van der Waals surface area contributed by atoms with Crippen molar-refractivity contribution in [2.45, 2.75) is 29.3 Å². The minimum atomic E-state index is 0. The Labute approximate surface area is 108 Å². The third-order valence-corrected chi connectivity index (χ3v) is 4.23. The van der Waals surface area contributed by atoms with Gasteiger partial charge in [-0.1, -0.05) is 0 Å². The number of halogens is 2. The van der Waals surface area contributed by atoms with Crippen LogP contribution in [0.25, 0.3) is 0 Å². The fourth-order valence-corrected chi connectivity index (χ4v) is 3.25. The molecule has 0 N–H and O–H groups in total. The van der Waals surface area contributed by atoms with E-state index in [1.807, 2.05) is 0 Å². The molecular formula is C10H13Cl2Zr. The third-order valence-electron chi connectivity index (χ3n) is 2.90. The first-order valence-electron chi connectivity index (χ1n) is 4.32. The smallest absolute Gasteiger partial charge is 1.00 e. The molecule has 2 unspecified atom stereocenters. The van der Waals surface area contributed by atoms with Crippen LogP contribution in [0.4, 0.5) is 0 Å². The van der Waals surface area contributed by atoms with Crippen molar-refractivity contribution in [3.8, 4) is 0 Å². The summed E-state index contributed by atoms with van der Waals surface area (Å²) in [6, 6.07) is 0. The molecule has 0 spiro atoms. The monoisotopic (exact) mass is 293 g/mol. The molecule has 2 aliphatic rings. The van der Waals surface area contributed by atoms with Gasteiger partial charge in [0.2, 0.25) is 0 Å². The molecular weight excluding hydrogens is 282 g/mol. The average Bonchev–Trinajstić information content (AvgIpc) is 2.29.